The van der Waals surface area contributed by atoms with Crippen LogP contribution in [0.5, 0.6) is 0 Å². The Hall–Kier alpha value is -1.09. The number of hydrogen-bond acceptors (Lipinski definition) is 2. The average Bonchev–Trinajstić information content (AvgIpc) is 2.09. The number of nitrogens with two attached hydrogens (primary N) is 1. The second-order valence-corrected chi connectivity index (χ2v) is 2.97. The molecule has 2 nitrogen and oxygen atoms in total. The van der Waals surface area contributed by atoms with Crippen molar-refractivity contribution in [2.75, 3.05) is 0 Å². The van der Waals surface area contributed by atoms with Crippen molar-refractivity contribution >= 4 is 22.0 Å². The van der Waals surface area contributed by atoms with Crippen LogP contribution < -0.4 is 5.73 Å². The molecule has 62 valence electrons. The second kappa shape index (κ2) is 4.72. The van der Waals surface area contributed by atoms with Crippen LogP contribution in [0.15, 0.2) is 41.2 Å². The molecule has 0 aliphatic heterocycles. The molecule has 0 aromatic carbocycles. The van der Waals surface area contributed by atoms with Gasteiger partial charge in [-0.15, -0.1) is 0 Å². The number of nitrogens with zero attached hydrogens (tertiary/aromatic N) is 1. The van der Waals surface area contributed by atoms with Gasteiger partial charge in [-0.3, -0.25) is 4.98 Å². The van der Waals surface area contributed by atoms with E-state index in [9.17, 15) is 0 Å². The van der Waals surface area contributed by atoms with Gasteiger partial charge in [-0.2, -0.15) is 0 Å². The Morgan fingerprint density at radius 1 is 1.42 bits per heavy atom. The largest absolute Gasteiger partial charge is 0.405 e. The Morgan fingerprint density at radius 2 is 2.25 bits per heavy atom. The van der Waals surface area contributed by atoms with Gasteiger partial charge in [-0.05, 0) is 46.4 Å². The van der Waals surface area contributed by atoms with Crippen LogP contribution in [0.3, 0.4) is 0 Å². The fraction of sp³-hybridized carbons (Fsp3) is 0. The Balaban J connectivity index is 2.82. The van der Waals surface area contributed by atoms with Crippen LogP contribution in [0.25, 0.3) is 6.08 Å². The van der Waals surface area contributed by atoms with E-state index in [4.69, 9.17) is 5.73 Å². The highest BCUT2D eigenvalue weighted by molar-refractivity contribution is 9.10. The Bertz CT molecular complexity index is 305. The van der Waals surface area contributed by atoms with Crippen molar-refractivity contribution in [3.05, 3.63) is 46.8 Å². The highest BCUT2D eigenvalue weighted by Gasteiger charge is 1.92. The fourth-order valence-electron chi connectivity index (χ4n) is 0.731. The molecule has 0 bridgehead atoms. The van der Waals surface area contributed by atoms with E-state index in [0.29, 0.717) is 0 Å². The van der Waals surface area contributed by atoms with Crippen molar-refractivity contribution in [3.8, 4) is 0 Å². The van der Waals surface area contributed by atoms with Gasteiger partial charge in [0.15, 0.2) is 0 Å². The van der Waals surface area contributed by atoms with Gasteiger partial charge in [0.05, 0.1) is 5.69 Å². The molecule has 1 rings (SSSR count). The van der Waals surface area contributed by atoms with Crippen molar-refractivity contribution in [3.63, 3.8) is 0 Å². The molecule has 0 radical (unpaired) electrons. The van der Waals surface area contributed by atoms with Gasteiger partial charge >= 0.3 is 0 Å². The lowest BCUT2D eigenvalue weighted by Crippen LogP contribution is -1.80. The smallest absolute Gasteiger partial charge is 0.0771 e. The van der Waals surface area contributed by atoms with Crippen LogP contribution in [-0.4, -0.2) is 4.98 Å². The van der Waals surface area contributed by atoms with Crippen molar-refractivity contribution in [1.82, 2.24) is 4.98 Å². The molecular formula is C9H9BrN2. The standard InChI is InChI=1S/C9H9BrN2/c10-8-4-3-7-12-9(8)5-1-2-6-11/h1-7H,11H2/b5-1+,6-2+. The zero-order valence-corrected chi connectivity index (χ0v) is 8.03. The Kier molecular flexibility index (Phi) is 3.54. The Morgan fingerprint density at radius 3 is 2.92 bits per heavy atom. The van der Waals surface area contributed by atoms with E-state index in [2.05, 4.69) is 20.9 Å². The van der Waals surface area contributed by atoms with E-state index in [-0.39, 0.29) is 0 Å². The number of pyridine rings is 1. The third-order valence-corrected chi connectivity index (χ3v) is 1.93. The van der Waals surface area contributed by atoms with Crippen LogP contribution in [0.4, 0.5) is 0 Å². The molecule has 0 saturated carbocycles. The monoisotopic (exact) mass is 224 g/mol. The summed E-state index contributed by atoms with van der Waals surface area (Å²) in [6, 6.07) is 3.82. The molecule has 0 saturated heterocycles. The lowest BCUT2D eigenvalue weighted by Gasteiger charge is -1.93. The fourth-order valence-corrected chi connectivity index (χ4v) is 1.12. The van der Waals surface area contributed by atoms with Gasteiger partial charge in [0, 0.05) is 10.7 Å². The number of hydrogen-bond donors (Lipinski definition) is 1. The molecular weight excluding hydrogens is 216 g/mol. The topological polar surface area (TPSA) is 38.9 Å². The van der Waals surface area contributed by atoms with E-state index in [0.717, 1.165) is 10.2 Å². The number of halogens is 1. The van der Waals surface area contributed by atoms with Crippen LogP contribution in [0.1, 0.15) is 5.69 Å². The number of aromatic nitrogens is 1. The van der Waals surface area contributed by atoms with Gasteiger partial charge in [0.25, 0.3) is 0 Å². The quantitative estimate of drug-likeness (QED) is 0.784. The summed E-state index contributed by atoms with van der Waals surface area (Å²) in [6.45, 7) is 0. The van der Waals surface area contributed by atoms with E-state index < -0.39 is 0 Å². The summed E-state index contributed by atoms with van der Waals surface area (Å²) in [5, 5.41) is 0. The first-order valence-corrected chi connectivity index (χ1v) is 4.29. The van der Waals surface area contributed by atoms with Crippen molar-refractivity contribution in [2.45, 2.75) is 0 Å². The molecule has 1 aromatic rings. The van der Waals surface area contributed by atoms with E-state index in [1.54, 1.807) is 12.3 Å². The van der Waals surface area contributed by atoms with E-state index in [1.807, 2.05) is 24.3 Å². The molecule has 12 heavy (non-hydrogen) atoms. The van der Waals surface area contributed by atoms with Gasteiger partial charge in [0.2, 0.25) is 0 Å². The summed E-state index contributed by atoms with van der Waals surface area (Å²) in [4.78, 5) is 4.14. The number of allylic oxidation sites excluding steroid dienone is 2. The maximum Gasteiger partial charge on any atom is 0.0771 e. The molecule has 1 aromatic heterocycles. The highest BCUT2D eigenvalue weighted by atomic mass is 79.9. The third kappa shape index (κ3) is 2.51. The first-order valence-electron chi connectivity index (χ1n) is 3.50. The minimum Gasteiger partial charge on any atom is -0.405 e. The predicted molar refractivity (Wildman–Crippen MR) is 54.3 cm³/mol. The van der Waals surface area contributed by atoms with Gasteiger partial charge < -0.3 is 5.73 Å². The van der Waals surface area contributed by atoms with Gasteiger partial charge in [-0.25, -0.2) is 0 Å². The molecule has 3 heteroatoms. The summed E-state index contributed by atoms with van der Waals surface area (Å²) in [7, 11) is 0. The lowest BCUT2D eigenvalue weighted by atomic mass is 10.3. The molecule has 0 unspecified atom stereocenters. The average molecular weight is 225 g/mol. The van der Waals surface area contributed by atoms with Gasteiger partial charge in [-0.1, -0.05) is 6.08 Å². The summed E-state index contributed by atoms with van der Waals surface area (Å²) in [5.74, 6) is 0. The SMILES string of the molecule is N/C=C/C=C/c1ncccc1Br. The molecule has 1 heterocycles. The molecule has 0 aliphatic rings. The summed E-state index contributed by atoms with van der Waals surface area (Å²) >= 11 is 3.38. The zero-order chi connectivity index (χ0) is 8.81. The molecule has 2 N–H and O–H groups in total. The minimum atomic E-state index is 0.899. The molecule has 0 amide bonds. The summed E-state index contributed by atoms with van der Waals surface area (Å²) in [5.41, 5.74) is 6.07. The molecule has 0 fully saturated rings. The lowest BCUT2D eigenvalue weighted by molar-refractivity contribution is 1.27. The highest BCUT2D eigenvalue weighted by Crippen LogP contribution is 2.14. The molecule has 0 aliphatic carbocycles. The number of rotatable bonds is 2. The maximum absolute atomic E-state index is 5.17. The summed E-state index contributed by atoms with van der Waals surface area (Å²) in [6.07, 6.45) is 8.70. The van der Waals surface area contributed by atoms with Crippen molar-refractivity contribution in [1.29, 1.82) is 0 Å². The van der Waals surface area contributed by atoms with E-state index >= 15 is 0 Å². The minimum absolute atomic E-state index is 0.899. The molecule has 0 atom stereocenters. The van der Waals surface area contributed by atoms with Gasteiger partial charge in [0.1, 0.15) is 0 Å². The van der Waals surface area contributed by atoms with Crippen molar-refractivity contribution < 1.29 is 0 Å². The van der Waals surface area contributed by atoms with Crippen LogP contribution in [0.2, 0.25) is 0 Å². The van der Waals surface area contributed by atoms with Crippen LogP contribution in [-0.2, 0) is 0 Å². The zero-order valence-electron chi connectivity index (χ0n) is 6.44. The molecule has 0 spiro atoms. The summed E-state index contributed by atoms with van der Waals surface area (Å²) < 4.78 is 0.978. The third-order valence-electron chi connectivity index (χ3n) is 1.26. The Labute approximate surface area is 79.9 Å². The van der Waals surface area contributed by atoms with Crippen molar-refractivity contribution in [2.24, 2.45) is 5.73 Å². The maximum atomic E-state index is 5.17. The second-order valence-electron chi connectivity index (χ2n) is 2.11. The normalized spacial score (nSPS) is 11.4. The van der Waals surface area contributed by atoms with Crippen LogP contribution in [0, 0.1) is 0 Å². The predicted octanol–water partition coefficient (Wildman–Crippen LogP) is 2.33. The van der Waals surface area contributed by atoms with Crippen LogP contribution >= 0.6 is 15.9 Å². The first kappa shape index (κ1) is 9.00. The van der Waals surface area contributed by atoms with E-state index in [1.165, 1.54) is 6.20 Å². The first-order chi connectivity index (χ1) is 5.84.